The summed E-state index contributed by atoms with van der Waals surface area (Å²) in [5, 5.41) is 5.87. The van der Waals surface area contributed by atoms with E-state index < -0.39 is 30.4 Å². The number of nitrogens with one attached hydrogen (secondary N) is 2. The average molecular weight is 458 g/mol. The van der Waals surface area contributed by atoms with Crippen LogP contribution in [0.3, 0.4) is 0 Å². The minimum atomic E-state index is -0.937. The number of carbonyl (C=O) groups is 4. The van der Waals surface area contributed by atoms with E-state index in [1.54, 1.807) is 55.5 Å². The Morgan fingerprint density at radius 3 is 2.53 bits per heavy atom. The fourth-order valence-corrected chi connectivity index (χ4v) is 3.38. The van der Waals surface area contributed by atoms with Gasteiger partial charge in [0.25, 0.3) is 11.8 Å². The lowest BCUT2D eigenvalue weighted by Crippen LogP contribution is -2.48. The second-order valence-electron chi connectivity index (χ2n) is 7.50. The van der Waals surface area contributed by atoms with Crippen LogP contribution < -0.4 is 15.5 Å². The number of rotatable bonds is 7. The van der Waals surface area contributed by atoms with Crippen LogP contribution >= 0.6 is 11.6 Å². The fourth-order valence-electron chi connectivity index (χ4n) is 3.25. The molecule has 3 amide bonds. The van der Waals surface area contributed by atoms with Gasteiger partial charge >= 0.3 is 5.97 Å². The summed E-state index contributed by atoms with van der Waals surface area (Å²) in [6, 6.07) is 12.2. The van der Waals surface area contributed by atoms with Gasteiger partial charge in [0.15, 0.2) is 6.61 Å². The van der Waals surface area contributed by atoms with Gasteiger partial charge < -0.3 is 15.4 Å². The van der Waals surface area contributed by atoms with E-state index >= 15 is 0 Å². The molecule has 0 aliphatic carbocycles. The predicted octanol–water partition coefficient (Wildman–Crippen LogP) is 3.01. The van der Waals surface area contributed by atoms with E-state index in [0.717, 1.165) is 0 Å². The van der Waals surface area contributed by atoms with Crippen LogP contribution in [0.15, 0.2) is 48.5 Å². The van der Waals surface area contributed by atoms with E-state index in [1.807, 2.05) is 6.92 Å². The number of nitrogens with zero attached hydrogens (tertiary/aromatic N) is 1. The third kappa shape index (κ3) is 5.45. The molecule has 9 heteroatoms. The van der Waals surface area contributed by atoms with Crippen LogP contribution in [0.1, 0.15) is 30.6 Å². The molecule has 0 radical (unpaired) electrons. The average Bonchev–Trinajstić information content (AvgIpc) is 2.79. The standard InChI is InChI=1S/C23H24ClN3O5/c1-3-14(2)21(26-22(30)15-8-10-16(24)11-9-15)23(31)32-13-20(29)27-12-19(28)25-17-6-4-5-7-18(17)27/h4-11,14,21H,3,12-13H2,1-2H3,(H,25,28)(H,26,30)/t14-,21-/m0/s1. The van der Waals surface area contributed by atoms with Crippen molar-refractivity contribution in [3.05, 3.63) is 59.1 Å². The Kier molecular flexibility index (Phi) is 7.48. The highest BCUT2D eigenvalue weighted by Gasteiger charge is 2.31. The summed E-state index contributed by atoms with van der Waals surface area (Å²) in [4.78, 5) is 51.2. The van der Waals surface area contributed by atoms with Crippen molar-refractivity contribution in [3.8, 4) is 0 Å². The summed E-state index contributed by atoms with van der Waals surface area (Å²) in [5.74, 6) is -2.26. The molecule has 2 atom stereocenters. The zero-order valence-corrected chi connectivity index (χ0v) is 18.5. The smallest absolute Gasteiger partial charge is 0.329 e. The molecular weight excluding hydrogens is 434 g/mol. The largest absolute Gasteiger partial charge is 0.454 e. The SMILES string of the molecule is CC[C@H](C)[C@H](NC(=O)c1ccc(Cl)cc1)C(=O)OCC(=O)N1CC(=O)Nc2ccccc21. The first kappa shape index (κ1) is 23.3. The Bertz CT molecular complexity index is 1020. The number of hydrogen-bond donors (Lipinski definition) is 2. The van der Waals surface area contributed by atoms with Gasteiger partial charge in [0.1, 0.15) is 12.6 Å². The van der Waals surface area contributed by atoms with Crippen molar-refractivity contribution >= 4 is 46.7 Å². The summed E-state index contributed by atoms with van der Waals surface area (Å²) in [7, 11) is 0. The van der Waals surface area contributed by atoms with E-state index in [-0.39, 0.29) is 18.4 Å². The molecule has 0 bridgehead atoms. The zero-order chi connectivity index (χ0) is 23.3. The van der Waals surface area contributed by atoms with E-state index in [1.165, 1.54) is 4.90 Å². The summed E-state index contributed by atoms with van der Waals surface area (Å²) < 4.78 is 5.25. The lowest BCUT2D eigenvalue weighted by Gasteiger charge is -2.29. The Morgan fingerprint density at radius 2 is 1.84 bits per heavy atom. The van der Waals surface area contributed by atoms with Gasteiger partial charge in [-0.05, 0) is 42.3 Å². The van der Waals surface area contributed by atoms with Crippen molar-refractivity contribution in [2.45, 2.75) is 26.3 Å². The number of esters is 1. The number of ether oxygens (including phenoxy) is 1. The van der Waals surface area contributed by atoms with E-state index in [9.17, 15) is 19.2 Å². The highest BCUT2D eigenvalue weighted by atomic mass is 35.5. The monoisotopic (exact) mass is 457 g/mol. The molecule has 0 fully saturated rings. The molecule has 2 aromatic carbocycles. The third-order valence-electron chi connectivity index (χ3n) is 5.27. The van der Waals surface area contributed by atoms with Crippen molar-refractivity contribution in [2.75, 3.05) is 23.4 Å². The van der Waals surface area contributed by atoms with Crippen LogP contribution in [0, 0.1) is 5.92 Å². The van der Waals surface area contributed by atoms with Gasteiger partial charge in [-0.3, -0.25) is 19.3 Å². The third-order valence-corrected chi connectivity index (χ3v) is 5.52. The summed E-state index contributed by atoms with van der Waals surface area (Å²) >= 11 is 5.85. The lowest BCUT2D eigenvalue weighted by atomic mass is 9.99. The molecule has 0 saturated heterocycles. The quantitative estimate of drug-likeness (QED) is 0.622. The number of amides is 3. The van der Waals surface area contributed by atoms with Crippen LogP contribution in [-0.2, 0) is 19.1 Å². The predicted molar refractivity (Wildman–Crippen MR) is 121 cm³/mol. The lowest BCUT2D eigenvalue weighted by molar-refractivity contribution is -0.151. The second-order valence-corrected chi connectivity index (χ2v) is 7.93. The highest BCUT2D eigenvalue weighted by Crippen LogP contribution is 2.28. The molecule has 0 spiro atoms. The van der Waals surface area contributed by atoms with Crippen LogP contribution in [0.2, 0.25) is 5.02 Å². The van der Waals surface area contributed by atoms with Crippen LogP contribution in [0.5, 0.6) is 0 Å². The van der Waals surface area contributed by atoms with E-state index in [4.69, 9.17) is 16.3 Å². The molecular formula is C23H24ClN3O5. The molecule has 8 nitrogen and oxygen atoms in total. The number of anilines is 2. The summed E-state index contributed by atoms with van der Waals surface area (Å²) in [6.07, 6.45) is 0.605. The van der Waals surface area contributed by atoms with Gasteiger partial charge in [-0.2, -0.15) is 0 Å². The molecule has 3 rings (SSSR count). The number of halogens is 1. The summed E-state index contributed by atoms with van der Waals surface area (Å²) in [5.41, 5.74) is 1.39. The zero-order valence-electron chi connectivity index (χ0n) is 17.8. The highest BCUT2D eigenvalue weighted by molar-refractivity contribution is 6.30. The van der Waals surface area contributed by atoms with Gasteiger partial charge in [0.05, 0.1) is 11.4 Å². The van der Waals surface area contributed by atoms with Crippen molar-refractivity contribution in [3.63, 3.8) is 0 Å². The van der Waals surface area contributed by atoms with Gasteiger partial charge in [-0.15, -0.1) is 0 Å². The van der Waals surface area contributed by atoms with Crippen LogP contribution in [0.25, 0.3) is 0 Å². The molecule has 1 aliphatic rings. The topological polar surface area (TPSA) is 105 Å². The number of fused-ring (bicyclic) bond motifs is 1. The second kappa shape index (κ2) is 10.3. The number of carbonyl (C=O) groups excluding carboxylic acids is 4. The van der Waals surface area contributed by atoms with Crippen molar-refractivity contribution in [2.24, 2.45) is 5.92 Å². The molecule has 32 heavy (non-hydrogen) atoms. The van der Waals surface area contributed by atoms with Crippen LogP contribution in [-0.4, -0.2) is 42.9 Å². The molecule has 1 aliphatic heterocycles. The van der Waals surface area contributed by atoms with Gasteiger partial charge in [0.2, 0.25) is 5.91 Å². The van der Waals surface area contributed by atoms with Gasteiger partial charge in [-0.1, -0.05) is 44.0 Å². The Hall–Kier alpha value is -3.39. The first-order chi connectivity index (χ1) is 15.3. The molecule has 0 saturated carbocycles. The van der Waals surface area contributed by atoms with Crippen molar-refractivity contribution in [1.82, 2.24) is 5.32 Å². The first-order valence-electron chi connectivity index (χ1n) is 10.2. The van der Waals surface area contributed by atoms with E-state index in [2.05, 4.69) is 10.6 Å². The molecule has 0 unspecified atom stereocenters. The minimum Gasteiger partial charge on any atom is -0.454 e. The number of para-hydroxylation sites is 2. The molecule has 168 valence electrons. The first-order valence-corrected chi connectivity index (χ1v) is 10.6. The normalized spacial score (nSPS) is 14.6. The van der Waals surface area contributed by atoms with Crippen molar-refractivity contribution in [1.29, 1.82) is 0 Å². The maximum atomic E-state index is 12.8. The van der Waals surface area contributed by atoms with Gasteiger partial charge in [0, 0.05) is 10.6 Å². The van der Waals surface area contributed by atoms with E-state index in [0.29, 0.717) is 28.4 Å². The summed E-state index contributed by atoms with van der Waals surface area (Å²) in [6.45, 7) is 2.97. The maximum Gasteiger partial charge on any atom is 0.329 e. The molecule has 0 aromatic heterocycles. The van der Waals surface area contributed by atoms with Crippen LogP contribution in [0.4, 0.5) is 11.4 Å². The fraction of sp³-hybridized carbons (Fsp3) is 0.304. The maximum absolute atomic E-state index is 12.8. The molecule has 2 N–H and O–H groups in total. The Labute approximate surface area is 190 Å². The molecule has 2 aromatic rings. The van der Waals surface area contributed by atoms with Gasteiger partial charge in [-0.25, -0.2) is 4.79 Å². The molecule has 1 heterocycles. The minimum absolute atomic E-state index is 0.171. The Balaban J connectivity index is 1.66. The Morgan fingerprint density at radius 1 is 1.16 bits per heavy atom. The number of benzene rings is 2. The van der Waals surface area contributed by atoms with Crippen molar-refractivity contribution < 1.29 is 23.9 Å². The number of hydrogen-bond acceptors (Lipinski definition) is 5.